The molecule has 2 rings (SSSR count). The van der Waals surface area contributed by atoms with Crippen molar-refractivity contribution >= 4 is 5.78 Å². The van der Waals surface area contributed by atoms with Crippen molar-refractivity contribution in [3.8, 4) is 0 Å². The fourth-order valence-corrected chi connectivity index (χ4v) is 2.15. The Morgan fingerprint density at radius 2 is 2.38 bits per heavy atom. The molecule has 1 aliphatic heterocycles. The Balaban J connectivity index is 2.16. The summed E-state index contributed by atoms with van der Waals surface area (Å²) in [5, 5.41) is 3.27. The van der Waals surface area contributed by atoms with Crippen LogP contribution < -0.4 is 5.32 Å². The molecule has 1 atom stereocenters. The molecule has 0 saturated carbocycles. The van der Waals surface area contributed by atoms with E-state index in [0.29, 0.717) is 5.82 Å². The van der Waals surface area contributed by atoms with Gasteiger partial charge in [-0.25, -0.2) is 4.98 Å². The van der Waals surface area contributed by atoms with E-state index in [1.165, 1.54) is 6.42 Å². The predicted octanol–water partition coefficient (Wildman–Crippen LogP) is 1.79. The van der Waals surface area contributed by atoms with Gasteiger partial charge in [0, 0.05) is 18.4 Å². The van der Waals surface area contributed by atoms with Gasteiger partial charge in [0.25, 0.3) is 0 Å². The van der Waals surface area contributed by atoms with Gasteiger partial charge in [0.2, 0.25) is 5.78 Å². The lowest BCUT2D eigenvalue weighted by atomic mass is 10.0. The number of hydrogen-bond acceptors (Lipinski definition) is 3. The summed E-state index contributed by atoms with van der Waals surface area (Å²) in [7, 11) is 0. The van der Waals surface area contributed by atoms with Gasteiger partial charge in [-0.05, 0) is 33.2 Å². The van der Waals surface area contributed by atoms with Crippen molar-refractivity contribution < 1.29 is 4.79 Å². The number of piperidine rings is 1. The summed E-state index contributed by atoms with van der Waals surface area (Å²) in [6, 6.07) is 0.249. The Kier molecular flexibility index (Phi) is 3.39. The van der Waals surface area contributed by atoms with Gasteiger partial charge in [-0.15, -0.1) is 0 Å². The molecule has 1 unspecified atom stereocenters. The molecule has 0 aliphatic carbocycles. The quantitative estimate of drug-likeness (QED) is 0.791. The number of Topliss-reactive ketones (excluding diaryl/α,β-unsaturated/α-hetero) is 1. The number of imidazole rings is 1. The van der Waals surface area contributed by atoms with Crippen LogP contribution >= 0.6 is 0 Å². The van der Waals surface area contributed by atoms with E-state index in [1.54, 1.807) is 6.20 Å². The van der Waals surface area contributed by atoms with Crippen molar-refractivity contribution in [3.05, 3.63) is 18.2 Å². The first-order valence-corrected chi connectivity index (χ1v) is 6.00. The van der Waals surface area contributed by atoms with Crippen LogP contribution in [0.25, 0.3) is 0 Å². The molecule has 4 nitrogen and oxygen atoms in total. The van der Waals surface area contributed by atoms with E-state index >= 15 is 0 Å². The highest BCUT2D eigenvalue weighted by atomic mass is 16.1. The van der Waals surface area contributed by atoms with E-state index in [9.17, 15) is 4.79 Å². The second-order valence-electron chi connectivity index (χ2n) is 4.62. The molecule has 0 bridgehead atoms. The second kappa shape index (κ2) is 4.78. The molecule has 2 heterocycles. The average molecular weight is 221 g/mol. The van der Waals surface area contributed by atoms with Gasteiger partial charge in [0.05, 0.1) is 6.04 Å². The lowest BCUT2D eigenvalue weighted by molar-refractivity contribution is 0.0910. The largest absolute Gasteiger partial charge is 0.326 e. The zero-order chi connectivity index (χ0) is 11.5. The van der Waals surface area contributed by atoms with Gasteiger partial charge in [-0.3, -0.25) is 4.79 Å². The minimum atomic E-state index is -0.0337. The Morgan fingerprint density at radius 1 is 1.56 bits per heavy atom. The van der Waals surface area contributed by atoms with Crippen molar-refractivity contribution in [2.75, 3.05) is 6.54 Å². The molecule has 16 heavy (non-hydrogen) atoms. The highest BCUT2D eigenvalue weighted by Gasteiger charge is 2.25. The number of aromatic nitrogens is 2. The monoisotopic (exact) mass is 221 g/mol. The molecular formula is C12H19N3O. The van der Waals surface area contributed by atoms with Crippen LogP contribution in [0.1, 0.15) is 49.8 Å². The molecule has 88 valence electrons. The fraction of sp³-hybridized carbons (Fsp3) is 0.667. The SMILES string of the molecule is CC(C)n1ccnc1C(=O)C1CCCCN1. The maximum Gasteiger partial charge on any atom is 0.215 e. The van der Waals surface area contributed by atoms with Crippen LogP contribution in [0.15, 0.2) is 12.4 Å². The normalized spacial score (nSPS) is 21.3. The van der Waals surface area contributed by atoms with E-state index in [1.807, 2.05) is 10.8 Å². The molecule has 1 N–H and O–H groups in total. The summed E-state index contributed by atoms with van der Waals surface area (Å²) in [5.74, 6) is 0.729. The van der Waals surface area contributed by atoms with E-state index in [2.05, 4.69) is 24.1 Å². The molecule has 1 saturated heterocycles. The van der Waals surface area contributed by atoms with Crippen LogP contribution in [0.5, 0.6) is 0 Å². The molecule has 0 spiro atoms. The third-order valence-corrected chi connectivity index (χ3v) is 3.07. The highest BCUT2D eigenvalue weighted by Crippen LogP contribution is 2.14. The summed E-state index contributed by atoms with van der Waals surface area (Å²) in [4.78, 5) is 16.4. The standard InChI is InChI=1S/C12H19N3O/c1-9(2)15-8-7-14-12(15)11(16)10-5-3-4-6-13-10/h7-10,13H,3-6H2,1-2H3. The first kappa shape index (κ1) is 11.3. The van der Waals surface area contributed by atoms with E-state index < -0.39 is 0 Å². The van der Waals surface area contributed by atoms with Crippen LogP contribution in [-0.4, -0.2) is 27.9 Å². The maximum absolute atomic E-state index is 12.2. The van der Waals surface area contributed by atoms with Gasteiger partial charge >= 0.3 is 0 Å². The number of ketones is 1. The van der Waals surface area contributed by atoms with E-state index in [4.69, 9.17) is 0 Å². The van der Waals surface area contributed by atoms with Crippen LogP contribution in [0.2, 0.25) is 0 Å². The van der Waals surface area contributed by atoms with Crippen LogP contribution in [0.3, 0.4) is 0 Å². The lowest BCUT2D eigenvalue weighted by Gasteiger charge is -2.22. The molecule has 1 fully saturated rings. The van der Waals surface area contributed by atoms with Crippen molar-refractivity contribution in [2.45, 2.75) is 45.2 Å². The summed E-state index contributed by atoms with van der Waals surface area (Å²) in [6.07, 6.45) is 6.81. The Bertz CT molecular complexity index is 364. The van der Waals surface area contributed by atoms with Crippen molar-refractivity contribution in [1.82, 2.24) is 14.9 Å². The number of nitrogens with one attached hydrogen (secondary N) is 1. The summed E-state index contributed by atoms with van der Waals surface area (Å²) >= 11 is 0. The van der Waals surface area contributed by atoms with Gasteiger partial charge in [0.15, 0.2) is 5.82 Å². The molecule has 4 heteroatoms. The zero-order valence-electron chi connectivity index (χ0n) is 9.94. The molecule has 1 aliphatic rings. The van der Waals surface area contributed by atoms with Crippen LogP contribution in [0, 0.1) is 0 Å². The summed E-state index contributed by atoms with van der Waals surface area (Å²) < 4.78 is 1.94. The minimum Gasteiger partial charge on any atom is -0.326 e. The summed E-state index contributed by atoms with van der Waals surface area (Å²) in [5.41, 5.74) is 0. The average Bonchev–Trinajstić information content (AvgIpc) is 2.78. The Labute approximate surface area is 96.1 Å². The molecule has 1 aromatic rings. The highest BCUT2D eigenvalue weighted by molar-refractivity contribution is 5.97. The number of rotatable bonds is 3. The van der Waals surface area contributed by atoms with Gasteiger partial charge in [0.1, 0.15) is 0 Å². The maximum atomic E-state index is 12.2. The van der Waals surface area contributed by atoms with Crippen molar-refractivity contribution in [1.29, 1.82) is 0 Å². The second-order valence-corrected chi connectivity index (χ2v) is 4.62. The first-order chi connectivity index (χ1) is 7.70. The molecule has 0 amide bonds. The number of hydrogen-bond donors (Lipinski definition) is 1. The number of nitrogens with zero attached hydrogens (tertiary/aromatic N) is 2. The Hall–Kier alpha value is -1.16. The van der Waals surface area contributed by atoms with Gasteiger partial charge < -0.3 is 9.88 Å². The minimum absolute atomic E-state index is 0.0337. The number of carbonyl (C=O) groups excluding carboxylic acids is 1. The third kappa shape index (κ3) is 2.16. The van der Waals surface area contributed by atoms with Gasteiger partial charge in [-0.2, -0.15) is 0 Å². The van der Waals surface area contributed by atoms with Crippen molar-refractivity contribution in [2.24, 2.45) is 0 Å². The summed E-state index contributed by atoms with van der Waals surface area (Å²) in [6.45, 7) is 5.07. The van der Waals surface area contributed by atoms with Crippen LogP contribution in [0.4, 0.5) is 0 Å². The van der Waals surface area contributed by atoms with Crippen molar-refractivity contribution in [3.63, 3.8) is 0 Å². The molecule has 0 aromatic carbocycles. The van der Waals surface area contributed by atoms with E-state index in [0.717, 1.165) is 19.4 Å². The topological polar surface area (TPSA) is 46.9 Å². The molecule has 1 aromatic heterocycles. The predicted molar refractivity (Wildman–Crippen MR) is 62.6 cm³/mol. The van der Waals surface area contributed by atoms with E-state index in [-0.39, 0.29) is 17.9 Å². The van der Waals surface area contributed by atoms with Crippen LogP contribution in [-0.2, 0) is 0 Å². The fourth-order valence-electron chi connectivity index (χ4n) is 2.15. The zero-order valence-corrected chi connectivity index (χ0v) is 9.94. The first-order valence-electron chi connectivity index (χ1n) is 6.00. The molecular weight excluding hydrogens is 202 g/mol. The Morgan fingerprint density at radius 3 is 3.00 bits per heavy atom. The smallest absolute Gasteiger partial charge is 0.215 e. The van der Waals surface area contributed by atoms with Gasteiger partial charge in [-0.1, -0.05) is 6.42 Å². The molecule has 0 radical (unpaired) electrons. The lowest BCUT2D eigenvalue weighted by Crippen LogP contribution is -2.41. The number of carbonyl (C=O) groups is 1. The third-order valence-electron chi connectivity index (χ3n) is 3.07.